The Kier molecular flexibility index (Phi) is 8.04. The van der Waals surface area contributed by atoms with Gasteiger partial charge in [-0.15, -0.1) is 11.3 Å². The number of amides is 3. The molecule has 10 nitrogen and oxygen atoms in total. The Balaban J connectivity index is 1.35. The fraction of sp³-hybridized carbons (Fsp3) is 0.308. The van der Waals surface area contributed by atoms with Gasteiger partial charge < -0.3 is 25.3 Å². The van der Waals surface area contributed by atoms with Crippen LogP contribution in [0.25, 0.3) is 0 Å². The molecule has 1 aromatic carbocycles. The van der Waals surface area contributed by atoms with Gasteiger partial charge in [0.1, 0.15) is 0 Å². The van der Waals surface area contributed by atoms with E-state index in [0.717, 1.165) is 4.88 Å². The molecule has 3 amide bonds. The molecule has 1 saturated heterocycles. The minimum atomic E-state index is -0.559. The number of ketones is 1. The van der Waals surface area contributed by atoms with Crippen molar-refractivity contribution in [1.29, 1.82) is 0 Å². The number of ether oxygens (including phenoxy) is 1. The molecule has 2 aromatic heterocycles. The summed E-state index contributed by atoms with van der Waals surface area (Å²) in [4.78, 5) is 54.2. The number of nitrogens with zero attached hydrogens (tertiary/aromatic N) is 3. The number of Topliss-reactive ketones (excluding diaryl/α,β-unsaturated/α-hetero) is 1. The predicted octanol–water partition coefficient (Wildman–Crippen LogP) is 2.82. The molecule has 0 spiro atoms. The van der Waals surface area contributed by atoms with Gasteiger partial charge in [-0.3, -0.25) is 14.5 Å². The van der Waals surface area contributed by atoms with Crippen LogP contribution in [0, 0.1) is 6.92 Å². The number of benzene rings is 1. The minimum Gasteiger partial charge on any atom is -0.465 e. The number of primary amides is 1. The zero-order valence-corrected chi connectivity index (χ0v) is 21.5. The van der Waals surface area contributed by atoms with Crippen molar-refractivity contribution >= 4 is 40.7 Å². The van der Waals surface area contributed by atoms with Crippen LogP contribution in [-0.2, 0) is 11.3 Å². The summed E-state index contributed by atoms with van der Waals surface area (Å²) in [6.07, 6.45) is 0. The number of thiophene rings is 1. The molecule has 3 N–H and O–H groups in total. The van der Waals surface area contributed by atoms with Gasteiger partial charge >= 0.3 is 12.0 Å². The van der Waals surface area contributed by atoms with E-state index in [-0.39, 0.29) is 18.4 Å². The van der Waals surface area contributed by atoms with E-state index in [1.54, 1.807) is 53.5 Å². The van der Waals surface area contributed by atoms with Gasteiger partial charge in [-0.05, 0) is 48.7 Å². The van der Waals surface area contributed by atoms with Gasteiger partial charge in [0.2, 0.25) is 0 Å². The molecule has 11 heteroatoms. The summed E-state index contributed by atoms with van der Waals surface area (Å²) in [5.74, 6) is -1.10. The number of methoxy groups -OCH3 is 1. The van der Waals surface area contributed by atoms with Crippen molar-refractivity contribution in [1.82, 2.24) is 14.4 Å². The van der Waals surface area contributed by atoms with Crippen LogP contribution in [-0.4, -0.2) is 77.9 Å². The van der Waals surface area contributed by atoms with Crippen molar-refractivity contribution in [3.63, 3.8) is 0 Å². The number of nitrogens with two attached hydrogens (primary N) is 1. The molecule has 1 aliphatic heterocycles. The van der Waals surface area contributed by atoms with Crippen LogP contribution in [0.4, 0.5) is 10.5 Å². The molecule has 0 aliphatic carbocycles. The molecular formula is C26H29N5O5S. The Morgan fingerprint density at radius 1 is 1.05 bits per heavy atom. The SMILES string of the molecule is COC(=O)c1ccc(NC(=O)N2CCN(CC(=O)c3cc(C(N)=O)c(C)n3Cc3cccs3)CC2)cc1. The Labute approximate surface area is 218 Å². The van der Waals surface area contributed by atoms with Crippen molar-refractivity contribution in [2.75, 3.05) is 45.2 Å². The molecule has 1 aliphatic rings. The molecule has 1 fully saturated rings. The van der Waals surface area contributed by atoms with Gasteiger partial charge in [-0.25, -0.2) is 9.59 Å². The predicted molar refractivity (Wildman–Crippen MR) is 140 cm³/mol. The van der Waals surface area contributed by atoms with Crippen LogP contribution < -0.4 is 11.1 Å². The zero-order chi connectivity index (χ0) is 26.5. The Hall–Kier alpha value is -3.96. The summed E-state index contributed by atoms with van der Waals surface area (Å²) in [6.45, 7) is 4.46. The van der Waals surface area contributed by atoms with Crippen molar-refractivity contribution in [3.05, 3.63) is 75.2 Å². The second kappa shape index (κ2) is 11.4. The lowest BCUT2D eigenvalue weighted by Crippen LogP contribution is -2.51. The highest BCUT2D eigenvalue weighted by atomic mass is 32.1. The Morgan fingerprint density at radius 3 is 2.35 bits per heavy atom. The van der Waals surface area contributed by atoms with Crippen molar-refractivity contribution in [2.24, 2.45) is 5.73 Å². The topological polar surface area (TPSA) is 127 Å². The van der Waals surface area contributed by atoms with Gasteiger partial charge in [0.25, 0.3) is 5.91 Å². The van der Waals surface area contributed by atoms with E-state index in [4.69, 9.17) is 5.73 Å². The number of hydrogen-bond donors (Lipinski definition) is 2. The third-order valence-corrected chi connectivity index (χ3v) is 7.26. The van der Waals surface area contributed by atoms with Crippen LogP contribution in [0.2, 0.25) is 0 Å². The first-order chi connectivity index (χ1) is 17.8. The van der Waals surface area contributed by atoms with E-state index in [0.29, 0.717) is 60.9 Å². The molecule has 3 heterocycles. The maximum Gasteiger partial charge on any atom is 0.337 e. The Bertz CT molecular complexity index is 1290. The molecule has 0 bridgehead atoms. The number of anilines is 1. The van der Waals surface area contributed by atoms with E-state index >= 15 is 0 Å². The van der Waals surface area contributed by atoms with Gasteiger partial charge in [0, 0.05) is 42.4 Å². The van der Waals surface area contributed by atoms with Crippen molar-refractivity contribution < 1.29 is 23.9 Å². The zero-order valence-electron chi connectivity index (χ0n) is 20.7. The molecule has 0 radical (unpaired) electrons. The number of nitrogens with one attached hydrogen (secondary N) is 1. The van der Waals surface area contributed by atoms with E-state index in [1.165, 1.54) is 7.11 Å². The number of piperazine rings is 1. The molecule has 194 valence electrons. The summed E-state index contributed by atoms with van der Waals surface area (Å²) in [5.41, 5.74) is 7.99. The van der Waals surface area contributed by atoms with E-state index in [2.05, 4.69) is 10.1 Å². The quantitative estimate of drug-likeness (QED) is 0.345. The van der Waals surface area contributed by atoms with Gasteiger partial charge in [0.15, 0.2) is 5.78 Å². The van der Waals surface area contributed by atoms with Crippen LogP contribution >= 0.6 is 11.3 Å². The number of rotatable bonds is 8. The second-order valence-electron chi connectivity index (χ2n) is 8.74. The van der Waals surface area contributed by atoms with Crippen LogP contribution in [0.5, 0.6) is 0 Å². The summed E-state index contributed by atoms with van der Waals surface area (Å²) in [5, 5.41) is 4.80. The molecule has 0 atom stereocenters. The highest BCUT2D eigenvalue weighted by Gasteiger charge is 2.26. The lowest BCUT2D eigenvalue weighted by Gasteiger charge is -2.34. The molecule has 4 rings (SSSR count). The first-order valence-corrected chi connectivity index (χ1v) is 12.7. The highest BCUT2D eigenvalue weighted by molar-refractivity contribution is 7.09. The highest BCUT2D eigenvalue weighted by Crippen LogP contribution is 2.21. The second-order valence-corrected chi connectivity index (χ2v) is 9.78. The number of carbonyl (C=O) groups excluding carboxylic acids is 4. The smallest absolute Gasteiger partial charge is 0.337 e. The maximum atomic E-state index is 13.3. The van der Waals surface area contributed by atoms with Gasteiger partial charge in [-0.2, -0.15) is 0 Å². The van der Waals surface area contributed by atoms with Crippen molar-refractivity contribution in [3.8, 4) is 0 Å². The standard InChI is InChI=1S/C26H29N5O5S/c1-17-21(24(27)33)14-22(31(17)15-20-4-3-13-37-20)23(32)16-29-9-11-30(12-10-29)26(35)28-19-7-5-18(6-8-19)25(34)36-2/h3-8,13-14H,9-12,15-16H2,1-2H3,(H2,27,33)(H,28,35). The molecule has 37 heavy (non-hydrogen) atoms. The number of aromatic nitrogens is 1. The van der Waals surface area contributed by atoms with Crippen LogP contribution in [0.15, 0.2) is 47.8 Å². The largest absolute Gasteiger partial charge is 0.465 e. The summed E-state index contributed by atoms with van der Waals surface area (Å²) < 4.78 is 6.53. The van der Waals surface area contributed by atoms with Crippen LogP contribution in [0.3, 0.4) is 0 Å². The summed E-state index contributed by atoms with van der Waals surface area (Å²) in [7, 11) is 1.31. The third kappa shape index (κ3) is 6.07. The van der Waals surface area contributed by atoms with Crippen molar-refractivity contribution in [2.45, 2.75) is 13.5 Å². The fourth-order valence-corrected chi connectivity index (χ4v) is 4.98. The molecule has 0 saturated carbocycles. The summed E-state index contributed by atoms with van der Waals surface area (Å²) >= 11 is 1.58. The first-order valence-electron chi connectivity index (χ1n) is 11.8. The number of hydrogen-bond acceptors (Lipinski definition) is 7. The third-order valence-electron chi connectivity index (χ3n) is 6.40. The average molecular weight is 524 g/mol. The lowest BCUT2D eigenvalue weighted by atomic mass is 10.2. The van der Waals surface area contributed by atoms with Crippen LogP contribution in [0.1, 0.15) is 41.8 Å². The molecule has 0 unspecified atom stereocenters. The number of urea groups is 1. The minimum absolute atomic E-state index is 0.101. The van der Waals surface area contributed by atoms with Gasteiger partial charge in [-0.1, -0.05) is 6.07 Å². The monoisotopic (exact) mass is 523 g/mol. The summed E-state index contributed by atoms with van der Waals surface area (Å²) in [6, 6.07) is 11.7. The Morgan fingerprint density at radius 2 is 1.76 bits per heavy atom. The first kappa shape index (κ1) is 26.1. The fourth-order valence-electron chi connectivity index (χ4n) is 4.29. The van der Waals surface area contributed by atoms with E-state index < -0.39 is 11.9 Å². The average Bonchev–Trinajstić information content (AvgIpc) is 3.53. The molecular weight excluding hydrogens is 494 g/mol. The maximum absolute atomic E-state index is 13.3. The number of esters is 1. The van der Waals surface area contributed by atoms with E-state index in [1.807, 2.05) is 27.0 Å². The normalized spacial score (nSPS) is 13.8. The number of carbonyl (C=O) groups is 4. The van der Waals surface area contributed by atoms with Gasteiger partial charge in [0.05, 0.1) is 37.0 Å². The van der Waals surface area contributed by atoms with E-state index in [9.17, 15) is 19.2 Å². The lowest BCUT2D eigenvalue weighted by molar-refractivity contribution is 0.0600. The molecule has 3 aromatic rings.